The van der Waals surface area contributed by atoms with Crippen molar-refractivity contribution >= 4 is 17.8 Å². The molecular weight excluding hydrogens is 328 g/mol. The lowest BCUT2D eigenvalue weighted by atomic mass is 9.85. The zero-order chi connectivity index (χ0) is 17.7. The summed E-state index contributed by atoms with van der Waals surface area (Å²) in [5.74, 6) is 1.21. The van der Waals surface area contributed by atoms with E-state index in [0.717, 1.165) is 50.9 Å². The van der Waals surface area contributed by atoms with E-state index in [1.54, 1.807) is 0 Å². The minimum absolute atomic E-state index is 0.0133. The Labute approximate surface area is 153 Å². The van der Waals surface area contributed by atoms with Gasteiger partial charge in [-0.1, -0.05) is 30.3 Å². The third kappa shape index (κ3) is 2.27. The highest BCUT2D eigenvalue weighted by atomic mass is 16.2. The van der Waals surface area contributed by atoms with Crippen LogP contribution >= 0.6 is 0 Å². The van der Waals surface area contributed by atoms with Crippen LogP contribution in [0.15, 0.2) is 35.3 Å². The van der Waals surface area contributed by atoms with E-state index < -0.39 is 5.54 Å². The lowest BCUT2D eigenvalue weighted by Crippen LogP contribution is -2.46. The van der Waals surface area contributed by atoms with Crippen LogP contribution in [0.4, 0.5) is 4.79 Å². The average molecular weight is 352 g/mol. The van der Waals surface area contributed by atoms with Gasteiger partial charge in [-0.15, -0.1) is 0 Å². The summed E-state index contributed by atoms with van der Waals surface area (Å²) in [6, 6.07) is 9.97. The van der Waals surface area contributed by atoms with Crippen molar-refractivity contribution in [2.45, 2.75) is 31.2 Å². The van der Waals surface area contributed by atoms with E-state index >= 15 is 0 Å². The van der Waals surface area contributed by atoms with Gasteiger partial charge >= 0.3 is 6.03 Å². The maximum absolute atomic E-state index is 12.9. The molecule has 1 aromatic rings. The standard InChI is InChI=1S/C20H24N4O2/c25-18-20(22-17(21-18)14-6-2-1-3-7-14)9-8-15-12-24(13-16(15)20)19(26)23-10-4-5-11-23/h1-3,6-7,15-16H,4-5,8-13H2,(H,21,22,25)/t15-,16+,20-/m1/s1. The largest absolute Gasteiger partial charge is 0.325 e. The van der Waals surface area contributed by atoms with Crippen molar-refractivity contribution in [3.05, 3.63) is 35.9 Å². The number of likely N-dealkylation sites (tertiary alicyclic amines) is 2. The van der Waals surface area contributed by atoms with Gasteiger partial charge in [0.25, 0.3) is 5.91 Å². The second-order valence-electron chi connectivity index (χ2n) is 7.99. The van der Waals surface area contributed by atoms with Crippen LogP contribution in [0.2, 0.25) is 0 Å². The topological polar surface area (TPSA) is 65.0 Å². The third-order valence-electron chi connectivity index (χ3n) is 6.58. The Morgan fingerprint density at radius 1 is 1.12 bits per heavy atom. The van der Waals surface area contributed by atoms with Gasteiger partial charge in [0.05, 0.1) is 0 Å². The van der Waals surface area contributed by atoms with Crippen molar-refractivity contribution in [3.63, 3.8) is 0 Å². The molecule has 3 atom stereocenters. The number of urea groups is 1. The van der Waals surface area contributed by atoms with Crippen LogP contribution in [0.5, 0.6) is 0 Å². The first-order chi connectivity index (χ1) is 12.7. The SMILES string of the molecule is O=C(N1CCCC1)N1C[C@H]2CC[C@@]3(N=C(c4ccccc4)NC3=O)[C@H]2C1. The van der Waals surface area contributed by atoms with Gasteiger partial charge < -0.3 is 15.1 Å². The quantitative estimate of drug-likeness (QED) is 0.838. The van der Waals surface area contributed by atoms with E-state index in [-0.39, 0.29) is 17.9 Å². The number of nitrogens with one attached hydrogen (secondary N) is 1. The van der Waals surface area contributed by atoms with Crippen LogP contribution in [-0.4, -0.2) is 59.3 Å². The highest BCUT2D eigenvalue weighted by Gasteiger charge is 2.60. The Bertz CT molecular complexity index is 771. The lowest BCUT2D eigenvalue weighted by Gasteiger charge is -2.27. The number of amides is 3. The van der Waals surface area contributed by atoms with Gasteiger partial charge in [-0.05, 0) is 31.6 Å². The summed E-state index contributed by atoms with van der Waals surface area (Å²) in [5, 5.41) is 3.01. The highest BCUT2D eigenvalue weighted by molar-refractivity contribution is 6.15. The van der Waals surface area contributed by atoms with Crippen molar-refractivity contribution in [3.8, 4) is 0 Å². The Hall–Kier alpha value is -2.37. The second kappa shape index (κ2) is 5.83. The number of rotatable bonds is 1. The number of fused-ring (bicyclic) bond motifs is 2. The molecule has 1 saturated carbocycles. The third-order valence-corrected chi connectivity index (χ3v) is 6.58. The molecule has 6 heteroatoms. The number of hydrogen-bond donors (Lipinski definition) is 1. The summed E-state index contributed by atoms with van der Waals surface area (Å²) >= 11 is 0. The molecule has 3 aliphatic heterocycles. The van der Waals surface area contributed by atoms with Crippen LogP contribution in [0.25, 0.3) is 0 Å². The van der Waals surface area contributed by atoms with Gasteiger partial charge in [0.2, 0.25) is 0 Å². The fourth-order valence-corrected chi connectivity index (χ4v) is 5.21. The molecule has 26 heavy (non-hydrogen) atoms. The molecule has 1 aliphatic carbocycles. The fourth-order valence-electron chi connectivity index (χ4n) is 5.21. The van der Waals surface area contributed by atoms with E-state index in [2.05, 4.69) is 5.32 Å². The smallest absolute Gasteiger partial charge is 0.320 e. The first kappa shape index (κ1) is 15.9. The summed E-state index contributed by atoms with van der Waals surface area (Å²) < 4.78 is 0. The number of carbonyl (C=O) groups excluding carboxylic acids is 2. The highest BCUT2D eigenvalue weighted by Crippen LogP contribution is 2.49. The molecule has 0 aromatic heterocycles. The van der Waals surface area contributed by atoms with Crippen molar-refractivity contribution in [2.24, 2.45) is 16.8 Å². The summed E-state index contributed by atoms with van der Waals surface area (Å²) in [7, 11) is 0. The van der Waals surface area contributed by atoms with Crippen molar-refractivity contribution in [1.29, 1.82) is 0 Å². The molecule has 4 aliphatic rings. The Kier molecular flexibility index (Phi) is 3.55. The molecular formula is C20H24N4O2. The molecule has 2 saturated heterocycles. The monoisotopic (exact) mass is 352 g/mol. The number of aliphatic imine (C=N–C) groups is 1. The summed E-state index contributed by atoms with van der Waals surface area (Å²) in [6.07, 6.45) is 3.96. The number of nitrogens with zero attached hydrogens (tertiary/aromatic N) is 3. The van der Waals surface area contributed by atoms with E-state index in [4.69, 9.17) is 4.99 Å². The molecule has 0 unspecified atom stereocenters. The summed E-state index contributed by atoms with van der Waals surface area (Å²) in [4.78, 5) is 34.5. The predicted octanol–water partition coefficient (Wildman–Crippen LogP) is 1.86. The van der Waals surface area contributed by atoms with Crippen molar-refractivity contribution in [1.82, 2.24) is 15.1 Å². The minimum Gasteiger partial charge on any atom is -0.325 e. The maximum atomic E-state index is 12.9. The molecule has 3 amide bonds. The molecule has 0 bridgehead atoms. The maximum Gasteiger partial charge on any atom is 0.320 e. The summed E-state index contributed by atoms with van der Waals surface area (Å²) in [5.41, 5.74) is 0.264. The van der Waals surface area contributed by atoms with E-state index in [1.807, 2.05) is 40.1 Å². The van der Waals surface area contributed by atoms with E-state index in [0.29, 0.717) is 18.3 Å². The molecule has 1 spiro atoms. The first-order valence-corrected chi connectivity index (χ1v) is 9.68. The van der Waals surface area contributed by atoms with Gasteiger partial charge in [-0.2, -0.15) is 0 Å². The van der Waals surface area contributed by atoms with Gasteiger partial charge in [0, 0.05) is 37.7 Å². The molecule has 0 radical (unpaired) electrons. The number of amidine groups is 1. The van der Waals surface area contributed by atoms with Gasteiger partial charge in [-0.3, -0.25) is 9.79 Å². The van der Waals surface area contributed by atoms with Gasteiger partial charge in [0.15, 0.2) is 0 Å². The predicted molar refractivity (Wildman–Crippen MR) is 97.8 cm³/mol. The van der Waals surface area contributed by atoms with E-state index in [9.17, 15) is 9.59 Å². The van der Waals surface area contributed by atoms with Crippen molar-refractivity contribution < 1.29 is 9.59 Å². The van der Waals surface area contributed by atoms with Gasteiger partial charge in [0.1, 0.15) is 11.4 Å². The molecule has 3 fully saturated rings. The van der Waals surface area contributed by atoms with Crippen LogP contribution in [-0.2, 0) is 4.79 Å². The number of carbonyl (C=O) groups is 2. The van der Waals surface area contributed by atoms with Crippen LogP contribution in [0.1, 0.15) is 31.2 Å². The molecule has 1 aromatic carbocycles. The zero-order valence-corrected chi connectivity index (χ0v) is 14.9. The molecule has 3 heterocycles. The Morgan fingerprint density at radius 2 is 1.88 bits per heavy atom. The molecule has 6 nitrogen and oxygen atoms in total. The van der Waals surface area contributed by atoms with Crippen LogP contribution in [0.3, 0.4) is 0 Å². The van der Waals surface area contributed by atoms with Crippen LogP contribution in [0, 0.1) is 11.8 Å². The Morgan fingerprint density at radius 3 is 2.65 bits per heavy atom. The normalized spacial score (nSPS) is 32.9. The second-order valence-corrected chi connectivity index (χ2v) is 7.99. The zero-order valence-electron chi connectivity index (χ0n) is 14.9. The fraction of sp³-hybridized carbons (Fsp3) is 0.550. The number of hydrogen-bond acceptors (Lipinski definition) is 3. The molecule has 136 valence electrons. The van der Waals surface area contributed by atoms with Crippen LogP contribution < -0.4 is 5.32 Å². The Balaban J connectivity index is 1.40. The molecule has 5 rings (SSSR count). The molecule has 1 N–H and O–H groups in total. The van der Waals surface area contributed by atoms with Crippen molar-refractivity contribution in [2.75, 3.05) is 26.2 Å². The number of benzene rings is 1. The average Bonchev–Trinajstić information content (AvgIpc) is 3.42. The lowest BCUT2D eigenvalue weighted by molar-refractivity contribution is -0.124. The first-order valence-electron chi connectivity index (χ1n) is 9.68. The van der Waals surface area contributed by atoms with E-state index in [1.165, 1.54) is 0 Å². The van der Waals surface area contributed by atoms with Gasteiger partial charge in [-0.25, -0.2) is 4.79 Å². The summed E-state index contributed by atoms with van der Waals surface area (Å²) in [6.45, 7) is 3.16. The minimum atomic E-state index is -0.685.